The van der Waals surface area contributed by atoms with Crippen molar-refractivity contribution in [3.05, 3.63) is 52.9 Å². The topological polar surface area (TPSA) is 140 Å². The van der Waals surface area contributed by atoms with Gasteiger partial charge in [-0.3, -0.25) is 9.69 Å². The minimum Gasteiger partial charge on any atom is -0.378 e. The van der Waals surface area contributed by atoms with Gasteiger partial charge in [0.25, 0.3) is 5.91 Å². The zero-order valence-corrected chi connectivity index (χ0v) is 19.1. The Balaban J connectivity index is 1.82. The van der Waals surface area contributed by atoms with Gasteiger partial charge in [-0.1, -0.05) is 55.5 Å². The summed E-state index contributed by atoms with van der Waals surface area (Å²) in [6, 6.07) is 9.85. The first-order chi connectivity index (χ1) is 16.0. The van der Waals surface area contributed by atoms with Gasteiger partial charge in [-0.05, 0) is 54.3 Å². The summed E-state index contributed by atoms with van der Waals surface area (Å²) in [5, 5.41) is 19.6. The molecule has 0 aliphatic carbocycles. The lowest BCUT2D eigenvalue weighted by Gasteiger charge is -2.21. The van der Waals surface area contributed by atoms with Crippen molar-refractivity contribution >= 4 is 24.0 Å². The Hall–Kier alpha value is -3.86. The zero-order valence-electron chi connectivity index (χ0n) is 19.1. The Morgan fingerprint density at radius 3 is 2.58 bits per heavy atom. The first-order valence-corrected chi connectivity index (χ1v) is 10.9. The number of anilines is 1. The predicted molar refractivity (Wildman–Crippen MR) is 126 cm³/mol. The molecule has 0 aliphatic heterocycles. The van der Waals surface area contributed by atoms with Gasteiger partial charge in [0, 0.05) is 6.54 Å². The van der Waals surface area contributed by atoms with E-state index >= 15 is 0 Å². The third kappa shape index (κ3) is 6.32. The number of hydrogen-bond donors (Lipinski definition) is 2. The van der Waals surface area contributed by atoms with Crippen molar-refractivity contribution < 1.29 is 9.42 Å². The molecule has 0 unspecified atom stereocenters. The van der Waals surface area contributed by atoms with Crippen molar-refractivity contribution in [3.63, 3.8) is 0 Å². The molecule has 3 N–H and O–H groups in total. The standard InChI is InChI=1S/C22H29N9O2/c1-4-11-30(12-5-2)15-18-19(25-29-31(18)21-20(23)27-33-28-21)22(32)26-24-14-16(3)13-17-9-7-6-8-10-17/h6-10,13-14H,4-5,11-12,15H2,1-3H3,(H2,23,27)(H,26,32)/b16-13-,24-14+. The molecule has 0 radical (unpaired) electrons. The molecule has 1 aromatic carbocycles. The number of hydrazone groups is 1. The summed E-state index contributed by atoms with van der Waals surface area (Å²) >= 11 is 0. The van der Waals surface area contributed by atoms with Crippen LogP contribution < -0.4 is 11.2 Å². The number of hydrogen-bond acceptors (Lipinski definition) is 9. The van der Waals surface area contributed by atoms with Crippen LogP contribution in [-0.4, -0.2) is 55.4 Å². The molecule has 33 heavy (non-hydrogen) atoms. The number of amides is 1. The average molecular weight is 452 g/mol. The molecular weight excluding hydrogens is 422 g/mol. The fourth-order valence-corrected chi connectivity index (χ4v) is 3.34. The maximum absolute atomic E-state index is 12.9. The summed E-state index contributed by atoms with van der Waals surface area (Å²) < 4.78 is 6.10. The predicted octanol–water partition coefficient (Wildman–Crippen LogP) is 2.67. The second kappa shape index (κ2) is 11.7. The van der Waals surface area contributed by atoms with E-state index in [0.717, 1.165) is 37.1 Å². The summed E-state index contributed by atoms with van der Waals surface area (Å²) in [5.74, 6) is -0.233. The van der Waals surface area contributed by atoms with E-state index in [1.165, 1.54) is 4.68 Å². The summed E-state index contributed by atoms with van der Waals surface area (Å²) in [7, 11) is 0. The smallest absolute Gasteiger partial charge is 0.293 e. The van der Waals surface area contributed by atoms with E-state index in [1.54, 1.807) is 6.21 Å². The number of nitrogens with two attached hydrogens (primary N) is 1. The van der Waals surface area contributed by atoms with Crippen LogP contribution in [0, 0.1) is 0 Å². The lowest BCUT2D eigenvalue weighted by atomic mass is 10.1. The van der Waals surface area contributed by atoms with E-state index in [2.05, 4.69) is 49.9 Å². The van der Waals surface area contributed by atoms with E-state index in [4.69, 9.17) is 10.4 Å². The third-order valence-electron chi connectivity index (χ3n) is 4.76. The van der Waals surface area contributed by atoms with Gasteiger partial charge in [0.05, 0.1) is 11.9 Å². The van der Waals surface area contributed by atoms with Crippen molar-refractivity contribution in [2.75, 3.05) is 18.8 Å². The highest BCUT2D eigenvalue weighted by atomic mass is 16.6. The van der Waals surface area contributed by atoms with Crippen LogP contribution in [0.2, 0.25) is 0 Å². The molecule has 11 heteroatoms. The highest BCUT2D eigenvalue weighted by molar-refractivity contribution is 5.94. The van der Waals surface area contributed by atoms with Gasteiger partial charge in [-0.2, -0.15) is 9.78 Å². The molecule has 0 fully saturated rings. The van der Waals surface area contributed by atoms with Crippen LogP contribution >= 0.6 is 0 Å². The van der Waals surface area contributed by atoms with Crippen molar-refractivity contribution in [2.24, 2.45) is 5.10 Å². The number of aromatic nitrogens is 5. The van der Waals surface area contributed by atoms with Crippen LogP contribution in [0.5, 0.6) is 0 Å². The molecule has 0 atom stereocenters. The molecule has 2 heterocycles. The second-order valence-electron chi connectivity index (χ2n) is 7.54. The van der Waals surface area contributed by atoms with Gasteiger partial charge in [0.2, 0.25) is 11.6 Å². The largest absolute Gasteiger partial charge is 0.378 e. The number of nitrogens with zero attached hydrogens (tertiary/aromatic N) is 7. The van der Waals surface area contributed by atoms with Crippen LogP contribution in [-0.2, 0) is 6.54 Å². The molecule has 3 rings (SSSR count). The van der Waals surface area contributed by atoms with Gasteiger partial charge in [-0.25, -0.2) is 10.1 Å². The first kappa shape index (κ1) is 23.8. The van der Waals surface area contributed by atoms with Crippen molar-refractivity contribution in [2.45, 2.75) is 40.2 Å². The maximum atomic E-state index is 12.9. The Labute approximate surface area is 192 Å². The molecule has 0 bridgehead atoms. The van der Waals surface area contributed by atoms with Crippen LogP contribution in [0.1, 0.15) is 55.4 Å². The van der Waals surface area contributed by atoms with Gasteiger partial charge < -0.3 is 5.73 Å². The molecule has 1 amide bonds. The van der Waals surface area contributed by atoms with Gasteiger partial charge in [0.1, 0.15) is 0 Å². The van der Waals surface area contributed by atoms with Gasteiger partial charge >= 0.3 is 0 Å². The average Bonchev–Trinajstić information content (AvgIpc) is 3.40. The summed E-state index contributed by atoms with van der Waals surface area (Å²) in [5.41, 5.74) is 11.0. The number of rotatable bonds is 11. The number of allylic oxidation sites excluding steroid dienone is 1. The molecule has 2 aromatic heterocycles. The van der Waals surface area contributed by atoms with Crippen LogP contribution in [0.3, 0.4) is 0 Å². The van der Waals surface area contributed by atoms with Crippen LogP contribution in [0.4, 0.5) is 5.82 Å². The summed E-state index contributed by atoms with van der Waals surface area (Å²) in [6.45, 7) is 8.25. The lowest BCUT2D eigenvalue weighted by Crippen LogP contribution is -2.28. The van der Waals surface area contributed by atoms with E-state index < -0.39 is 5.91 Å². The molecule has 0 spiro atoms. The Kier molecular flexibility index (Phi) is 8.42. The van der Waals surface area contributed by atoms with Crippen molar-refractivity contribution in [1.29, 1.82) is 0 Å². The molecular formula is C22H29N9O2. The van der Waals surface area contributed by atoms with Crippen molar-refractivity contribution in [3.8, 4) is 5.82 Å². The molecule has 0 saturated heterocycles. The van der Waals surface area contributed by atoms with E-state index in [1.807, 2.05) is 43.3 Å². The Morgan fingerprint density at radius 1 is 1.21 bits per heavy atom. The second-order valence-corrected chi connectivity index (χ2v) is 7.54. The quantitative estimate of drug-likeness (QED) is 0.335. The number of nitrogens with one attached hydrogen (secondary N) is 1. The number of carbonyl (C=O) groups is 1. The van der Waals surface area contributed by atoms with Crippen molar-refractivity contribution in [1.82, 2.24) is 35.6 Å². The molecule has 174 valence electrons. The first-order valence-electron chi connectivity index (χ1n) is 10.9. The SMILES string of the molecule is CCCN(CCC)Cc1c(C(=O)N/N=C/C(C)=C\c2ccccc2)nnn1-c1nonc1N. The minimum atomic E-state index is -0.483. The van der Waals surface area contributed by atoms with Gasteiger partial charge in [0.15, 0.2) is 5.69 Å². The fourth-order valence-electron chi connectivity index (χ4n) is 3.34. The monoisotopic (exact) mass is 451 g/mol. The summed E-state index contributed by atoms with van der Waals surface area (Å²) in [4.78, 5) is 15.1. The van der Waals surface area contributed by atoms with Gasteiger partial charge in [-0.15, -0.1) is 5.10 Å². The third-order valence-corrected chi connectivity index (χ3v) is 4.76. The number of carbonyl (C=O) groups excluding carboxylic acids is 1. The normalized spacial score (nSPS) is 12.1. The molecule has 11 nitrogen and oxygen atoms in total. The minimum absolute atomic E-state index is 0.0605. The lowest BCUT2D eigenvalue weighted by molar-refractivity contribution is 0.0947. The zero-order chi connectivity index (χ0) is 23.6. The number of nitrogen functional groups attached to an aromatic ring is 1. The Morgan fingerprint density at radius 2 is 1.94 bits per heavy atom. The van der Waals surface area contributed by atoms with E-state index in [-0.39, 0.29) is 17.3 Å². The molecule has 3 aromatic rings. The maximum Gasteiger partial charge on any atom is 0.293 e. The molecule has 0 aliphatic rings. The summed E-state index contributed by atoms with van der Waals surface area (Å²) in [6.07, 6.45) is 5.47. The van der Waals surface area contributed by atoms with Crippen LogP contribution in [0.15, 0.2) is 45.6 Å². The molecule has 0 saturated carbocycles. The Bertz CT molecular complexity index is 1100. The highest BCUT2D eigenvalue weighted by Crippen LogP contribution is 2.18. The van der Waals surface area contributed by atoms with E-state index in [9.17, 15) is 4.79 Å². The number of benzene rings is 1. The highest BCUT2D eigenvalue weighted by Gasteiger charge is 2.25. The fraction of sp³-hybridized carbons (Fsp3) is 0.364. The van der Waals surface area contributed by atoms with Crippen LogP contribution in [0.25, 0.3) is 11.9 Å². The van der Waals surface area contributed by atoms with E-state index in [0.29, 0.717) is 12.2 Å².